The van der Waals surface area contributed by atoms with Crippen LogP contribution in [0.3, 0.4) is 0 Å². The van der Waals surface area contributed by atoms with Gasteiger partial charge in [-0.15, -0.1) is 0 Å². The summed E-state index contributed by atoms with van der Waals surface area (Å²) in [5.74, 6) is 2.06. The highest BCUT2D eigenvalue weighted by Crippen LogP contribution is 2.29. The fourth-order valence-electron chi connectivity index (χ4n) is 2.09. The number of nitrogens with zero attached hydrogens (tertiary/aromatic N) is 1. The van der Waals surface area contributed by atoms with Crippen molar-refractivity contribution in [3.63, 3.8) is 0 Å². The van der Waals surface area contributed by atoms with Crippen molar-refractivity contribution in [2.24, 2.45) is 5.10 Å². The number of hydrogen-bond acceptors (Lipinski definition) is 5. The molecule has 0 unspecified atom stereocenters. The summed E-state index contributed by atoms with van der Waals surface area (Å²) >= 11 is 0. The third kappa shape index (κ3) is 3.28. The predicted octanol–water partition coefficient (Wildman–Crippen LogP) is 2.68. The van der Waals surface area contributed by atoms with E-state index in [1.807, 2.05) is 12.1 Å². The molecule has 116 valence electrons. The number of benzene rings is 1. The number of carbonyl (C=O) groups excluding carboxylic acids is 1. The number of rotatable bonds is 5. The quantitative estimate of drug-likeness (QED) is 0.681. The number of furan rings is 1. The van der Waals surface area contributed by atoms with Crippen LogP contribution >= 0.6 is 0 Å². The van der Waals surface area contributed by atoms with Crippen LogP contribution in [0.2, 0.25) is 0 Å². The van der Waals surface area contributed by atoms with Gasteiger partial charge in [0.25, 0.3) is 5.91 Å². The maximum atomic E-state index is 12.0. The van der Waals surface area contributed by atoms with Crippen LogP contribution in [0.15, 0.2) is 33.8 Å². The largest absolute Gasteiger partial charge is 0.493 e. The number of amides is 1. The summed E-state index contributed by atoms with van der Waals surface area (Å²) in [6.45, 7) is 3.52. The Kier molecular flexibility index (Phi) is 4.83. The highest BCUT2D eigenvalue weighted by Gasteiger charge is 2.13. The Hall–Kier alpha value is -2.76. The normalized spacial score (nSPS) is 10.7. The molecule has 0 bridgehead atoms. The minimum absolute atomic E-state index is 0.326. The average Bonchev–Trinajstić information content (AvgIpc) is 2.85. The van der Waals surface area contributed by atoms with Crippen molar-refractivity contribution in [1.82, 2.24) is 5.43 Å². The second kappa shape index (κ2) is 6.80. The molecule has 6 heteroatoms. The first-order chi connectivity index (χ1) is 10.6. The molecule has 1 heterocycles. The molecule has 0 fully saturated rings. The first kappa shape index (κ1) is 15.6. The smallest absolute Gasteiger partial charge is 0.274 e. The number of nitrogens with one attached hydrogen (secondary N) is 1. The lowest BCUT2D eigenvalue weighted by atomic mass is 10.2. The average molecular weight is 302 g/mol. The predicted molar refractivity (Wildman–Crippen MR) is 82.8 cm³/mol. The molecule has 2 rings (SSSR count). The van der Waals surface area contributed by atoms with Gasteiger partial charge < -0.3 is 13.9 Å². The van der Waals surface area contributed by atoms with Gasteiger partial charge in [-0.25, -0.2) is 5.43 Å². The van der Waals surface area contributed by atoms with Gasteiger partial charge in [0.1, 0.15) is 11.5 Å². The maximum absolute atomic E-state index is 12.0. The number of hydrogen-bond donors (Lipinski definition) is 1. The van der Waals surface area contributed by atoms with E-state index >= 15 is 0 Å². The summed E-state index contributed by atoms with van der Waals surface area (Å²) in [7, 11) is 3.11. The minimum Gasteiger partial charge on any atom is -0.493 e. The van der Waals surface area contributed by atoms with Gasteiger partial charge in [0.15, 0.2) is 11.5 Å². The van der Waals surface area contributed by atoms with Gasteiger partial charge in [-0.3, -0.25) is 4.79 Å². The van der Waals surface area contributed by atoms with E-state index < -0.39 is 0 Å². The molecule has 0 saturated carbocycles. The summed E-state index contributed by atoms with van der Waals surface area (Å²) in [6, 6.07) is 7.08. The van der Waals surface area contributed by atoms with Crippen molar-refractivity contribution >= 4 is 12.1 Å². The molecule has 1 aromatic carbocycles. The van der Waals surface area contributed by atoms with Crippen molar-refractivity contribution in [2.45, 2.75) is 13.8 Å². The first-order valence-corrected chi connectivity index (χ1v) is 6.68. The fraction of sp³-hybridized carbons (Fsp3) is 0.250. The van der Waals surface area contributed by atoms with Crippen LogP contribution in [0.25, 0.3) is 0 Å². The highest BCUT2D eigenvalue weighted by atomic mass is 16.5. The van der Waals surface area contributed by atoms with Crippen LogP contribution < -0.4 is 14.9 Å². The Labute approximate surface area is 128 Å². The van der Waals surface area contributed by atoms with E-state index in [2.05, 4.69) is 10.5 Å². The summed E-state index contributed by atoms with van der Waals surface area (Å²) in [4.78, 5) is 12.0. The molecule has 1 aromatic heterocycles. The molecule has 1 amide bonds. The van der Waals surface area contributed by atoms with Crippen molar-refractivity contribution in [3.05, 3.63) is 46.9 Å². The molecular weight excluding hydrogens is 284 g/mol. The van der Waals surface area contributed by atoms with Gasteiger partial charge in [-0.2, -0.15) is 5.10 Å². The van der Waals surface area contributed by atoms with Gasteiger partial charge in [0.05, 0.1) is 26.0 Å². The SMILES string of the molecule is COc1cccc(/C=N\NC(=O)c2cc(C)oc2C)c1OC. The Morgan fingerprint density at radius 1 is 1.27 bits per heavy atom. The first-order valence-electron chi connectivity index (χ1n) is 6.68. The zero-order chi connectivity index (χ0) is 16.1. The van der Waals surface area contributed by atoms with E-state index in [-0.39, 0.29) is 5.91 Å². The third-order valence-corrected chi connectivity index (χ3v) is 3.09. The number of para-hydroxylation sites is 1. The van der Waals surface area contributed by atoms with Gasteiger partial charge >= 0.3 is 0 Å². The second-order valence-corrected chi connectivity index (χ2v) is 4.61. The van der Waals surface area contributed by atoms with E-state index in [1.165, 1.54) is 6.21 Å². The number of aryl methyl sites for hydroxylation is 2. The van der Waals surface area contributed by atoms with Crippen molar-refractivity contribution < 1.29 is 18.7 Å². The van der Waals surface area contributed by atoms with E-state index in [9.17, 15) is 4.79 Å². The van der Waals surface area contributed by atoms with Crippen LogP contribution in [-0.4, -0.2) is 26.3 Å². The summed E-state index contributed by atoms with van der Waals surface area (Å²) < 4.78 is 15.8. The number of hydrazone groups is 1. The number of ether oxygens (including phenoxy) is 2. The van der Waals surface area contributed by atoms with Crippen LogP contribution in [0.5, 0.6) is 11.5 Å². The molecule has 22 heavy (non-hydrogen) atoms. The molecule has 0 aliphatic carbocycles. The van der Waals surface area contributed by atoms with E-state index in [4.69, 9.17) is 13.9 Å². The lowest BCUT2D eigenvalue weighted by Crippen LogP contribution is -2.17. The van der Waals surface area contributed by atoms with Crippen LogP contribution in [0, 0.1) is 13.8 Å². The lowest BCUT2D eigenvalue weighted by Gasteiger charge is -2.09. The monoisotopic (exact) mass is 302 g/mol. The zero-order valence-electron chi connectivity index (χ0n) is 13.0. The molecular formula is C16H18N2O4. The lowest BCUT2D eigenvalue weighted by molar-refractivity contribution is 0.0953. The molecule has 6 nitrogen and oxygen atoms in total. The molecule has 0 radical (unpaired) electrons. The van der Waals surface area contributed by atoms with E-state index in [0.29, 0.717) is 34.1 Å². The second-order valence-electron chi connectivity index (χ2n) is 4.61. The van der Waals surface area contributed by atoms with Gasteiger partial charge in [-0.05, 0) is 32.0 Å². The zero-order valence-corrected chi connectivity index (χ0v) is 13.0. The van der Waals surface area contributed by atoms with Crippen molar-refractivity contribution in [2.75, 3.05) is 14.2 Å². The summed E-state index contributed by atoms with van der Waals surface area (Å²) in [5.41, 5.74) is 3.63. The van der Waals surface area contributed by atoms with E-state index in [1.54, 1.807) is 40.2 Å². The standard InChI is InChI=1S/C16H18N2O4/c1-10-8-13(11(2)22-10)16(19)18-17-9-12-6-5-7-14(20-3)15(12)21-4/h5-9H,1-4H3,(H,18,19)/b17-9-. The number of methoxy groups -OCH3 is 2. The van der Waals surface area contributed by atoms with Gasteiger partial charge in [0, 0.05) is 5.56 Å². The topological polar surface area (TPSA) is 73.1 Å². The number of carbonyl (C=O) groups is 1. The maximum Gasteiger partial charge on any atom is 0.274 e. The van der Waals surface area contributed by atoms with Crippen LogP contribution in [-0.2, 0) is 0 Å². The summed E-state index contributed by atoms with van der Waals surface area (Å²) in [5, 5.41) is 3.95. The molecule has 0 atom stereocenters. The van der Waals surface area contributed by atoms with Gasteiger partial charge in [-0.1, -0.05) is 6.07 Å². The van der Waals surface area contributed by atoms with Crippen LogP contribution in [0.1, 0.15) is 27.4 Å². The Morgan fingerprint density at radius 3 is 2.64 bits per heavy atom. The molecule has 0 spiro atoms. The van der Waals surface area contributed by atoms with Crippen LogP contribution in [0.4, 0.5) is 0 Å². The minimum atomic E-state index is -0.326. The molecule has 0 saturated heterocycles. The Bertz CT molecular complexity index is 704. The Morgan fingerprint density at radius 2 is 2.05 bits per heavy atom. The highest BCUT2D eigenvalue weighted by molar-refractivity contribution is 5.96. The molecule has 2 aromatic rings. The van der Waals surface area contributed by atoms with Crippen molar-refractivity contribution in [3.8, 4) is 11.5 Å². The summed E-state index contributed by atoms with van der Waals surface area (Å²) in [6.07, 6.45) is 1.50. The molecule has 0 aliphatic rings. The Balaban J connectivity index is 2.13. The van der Waals surface area contributed by atoms with E-state index in [0.717, 1.165) is 0 Å². The van der Waals surface area contributed by atoms with Crippen molar-refractivity contribution in [1.29, 1.82) is 0 Å². The third-order valence-electron chi connectivity index (χ3n) is 3.09. The fourth-order valence-corrected chi connectivity index (χ4v) is 2.09. The van der Waals surface area contributed by atoms with Gasteiger partial charge in [0.2, 0.25) is 0 Å². The molecule has 0 aliphatic heterocycles. The molecule has 1 N–H and O–H groups in total.